The van der Waals surface area contributed by atoms with Gasteiger partial charge in [0, 0.05) is 36.4 Å². The summed E-state index contributed by atoms with van der Waals surface area (Å²) in [6.45, 7) is 4.18. The van der Waals surface area contributed by atoms with Crippen molar-refractivity contribution in [2.75, 3.05) is 24.6 Å². The minimum absolute atomic E-state index is 0.0799. The first-order valence-electron chi connectivity index (χ1n) is 8.85. The van der Waals surface area contributed by atoms with Gasteiger partial charge in [0.05, 0.1) is 0 Å². The lowest BCUT2D eigenvalue weighted by Gasteiger charge is -2.26. The largest absolute Gasteiger partial charge is 0.467 e. The van der Waals surface area contributed by atoms with Crippen molar-refractivity contribution < 1.29 is 9.53 Å². The summed E-state index contributed by atoms with van der Waals surface area (Å²) in [4.78, 5) is 23.1. The van der Waals surface area contributed by atoms with E-state index in [0.717, 1.165) is 37.2 Å². The maximum absolute atomic E-state index is 12.0. The number of carbonyl (C=O) groups is 1. The minimum Gasteiger partial charge on any atom is -0.467 e. The highest BCUT2D eigenvalue weighted by Gasteiger charge is 2.15. The van der Waals surface area contributed by atoms with E-state index in [1.807, 2.05) is 19.1 Å². The van der Waals surface area contributed by atoms with Crippen molar-refractivity contribution in [3.05, 3.63) is 46.6 Å². The number of nitrogens with one attached hydrogen (secondary N) is 1. The summed E-state index contributed by atoms with van der Waals surface area (Å²) in [7, 11) is 0. The van der Waals surface area contributed by atoms with Crippen LogP contribution in [0, 0.1) is 6.92 Å². The van der Waals surface area contributed by atoms with Crippen molar-refractivity contribution >= 4 is 23.5 Å². The Morgan fingerprint density at radius 1 is 1.19 bits per heavy atom. The molecule has 1 amide bonds. The molecule has 1 aromatic heterocycles. The van der Waals surface area contributed by atoms with Crippen LogP contribution in [0.2, 0.25) is 5.02 Å². The SMILES string of the molecule is Cc1cc(OCC(=O)NCc2ccc(Cl)cc2)nc(N2CCCCC2)n1. The Labute approximate surface area is 158 Å². The predicted molar refractivity (Wildman–Crippen MR) is 102 cm³/mol. The van der Waals surface area contributed by atoms with E-state index < -0.39 is 0 Å². The van der Waals surface area contributed by atoms with Crippen molar-refractivity contribution in [2.24, 2.45) is 0 Å². The van der Waals surface area contributed by atoms with E-state index in [1.54, 1.807) is 18.2 Å². The third-order valence-electron chi connectivity index (χ3n) is 4.21. The van der Waals surface area contributed by atoms with Crippen LogP contribution < -0.4 is 15.0 Å². The summed E-state index contributed by atoms with van der Waals surface area (Å²) in [6, 6.07) is 9.10. The van der Waals surface area contributed by atoms with Crippen LogP contribution in [0.15, 0.2) is 30.3 Å². The normalized spacial score (nSPS) is 14.2. The molecule has 26 heavy (non-hydrogen) atoms. The van der Waals surface area contributed by atoms with Crippen LogP contribution in [0.1, 0.15) is 30.5 Å². The number of hydrogen-bond acceptors (Lipinski definition) is 5. The fourth-order valence-electron chi connectivity index (χ4n) is 2.83. The van der Waals surface area contributed by atoms with Gasteiger partial charge in [-0.25, -0.2) is 4.98 Å². The quantitative estimate of drug-likeness (QED) is 0.841. The molecular formula is C19H23ClN4O2. The number of aryl methyl sites for hydroxylation is 1. The highest BCUT2D eigenvalue weighted by molar-refractivity contribution is 6.30. The number of hydrogen-bond donors (Lipinski definition) is 1. The van der Waals surface area contributed by atoms with Gasteiger partial charge in [-0.1, -0.05) is 23.7 Å². The third kappa shape index (κ3) is 5.33. The van der Waals surface area contributed by atoms with E-state index in [4.69, 9.17) is 16.3 Å². The number of ether oxygens (including phenoxy) is 1. The van der Waals surface area contributed by atoms with Gasteiger partial charge in [0.2, 0.25) is 11.8 Å². The number of piperidine rings is 1. The summed E-state index contributed by atoms with van der Waals surface area (Å²) in [5.41, 5.74) is 1.81. The van der Waals surface area contributed by atoms with Gasteiger partial charge in [-0.3, -0.25) is 4.79 Å². The lowest BCUT2D eigenvalue weighted by atomic mass is 10.1. The molecule has 1 aromatic carbocycles. The van der Waals surface area contributed by atoms with E-state index in [1.165, 1.54) is 6.42 Å². The van der Waals surface area contributed by atoms with E-state index >= 15 is 0 Å². The lowest BCUT2D eigenvalue weighted by Crippen LogP contribution is -2.31. The topological polar surface area (TPSA) is 67.3 Å². The molecule has 1 aliphatic heterocycles. The molecule has 1 aliphatic rings. The van der Waals surface area contributed by atoms with Gasteiger partial charge in [-0.15, -0.1) is 0 Å². The Morgan fingerprint density at radius 2 is 1.92 bits per heavy atom. The van der Waals surface area contributed by atoms with Gasteiger partial charge in [0.25, 0.3) is 5.91 Å². The molecule has 3 rings (SSSR count). The Bertz CT molecular complexity index is 746. The van der Waals surface area contributed by atoms with Crippen LogP contribution in [-0.4, -0.2) is 35.6 Å². The maximum atomic E-state index is 12.0. The number of aromatic nitrogens is 2. The number of rotatable bonds is 6. The second-order valence-electron chi connectivity index (χ2n) is 6.39. The van der Waals surface area contributed by atoms with E-state index in [0.29, 0.717) is 23.4 Å². The van der Waals surface area contributed by atoms with E-state index in [9.17, 15) is 4.79 Å². The van der Waals surface area contributed by atoms with Crippen LogP contribution in [0.3, 0.4) is 0 Å². The molecule has 0 saturated carbocycles. The van der Waals surface area contributed by atoms with E-state index in [2.05, 4.69) is 20.2 Å². The number of halogens is 1. The molecule has 1 fully saturated rings. The molecule has 1 saturated heterocycles. The summed E-state index contributed by atoms with van der Waals surface area (Å²) < 4.78 is 5.58. The summed E-state index contributed by atoms with van der Waals surface area (Å²) in [5, 5.41) is 3.49. The molecule has 2 aromatic rings. The first-order valence-corrected chi connectivity index (χ1v) is 9.22. The Balaban J connectivity index is 1.52. The zero-order chi connectivity index (χ0) is 18.4. The number of nitrogens with zero attached hydrogens (tertiary/aromatic N) is 3. The zero-order valence-electron chi connectivity index (χ0n) is 14.9. The molecule has 0 spiro atoms. The second-order valence-corrected chi connectivity index (χ2v) is 6.82. The number of carbonyl (C=O) groups excluding carboxylic acids is 1. The van der Waals surface area contributed by atoms with Gasteiger partial charge in [-0.2, -0.15) is 4.98 Å². The predicted octanol–water partition coefficient (Wildman–Crippen LogP) is 3.12. The van der Waals surface area contributed by atoms with Crippen molar-refractivity contribution in [2.45, 2.75) is 32.7 Å². The average molecular weight is 375 g/mol. The molecule has 6 nitrogen and oxygen atoms in total. The number of benzene rings is 1. The summed E-state index contributed by atoms with van der Waals surface area (Å²) in [6.07, 6.45) is 3.56. The van der Waals surface area contributed by atoms with Crippen molar-refractivity contribution in [1.29, 1.82) is 0 Å². The second kappa shape index (κ2) is 8.85. The molecule has 0 unspecified atom stereocenters. The molecule has 1 N–H and O–H groups in total. The standard InChI is InChI=1S/C19H23ClN4O2/c1-14-11-18(23-19(22-14)24-9-3-2-4-10-24)26-13-17(25)21-12-15-5-7-16(20)8-6-15/h5-8,11H,2-4,9-10,12-13H2,1H3,(H,21,25). The van der Waals surface area contributed by atoms with Gasteiger partial charge >= 0.3 is 0 Å². The highest BCUT2D eigenvalue weighted by Crippen LogP contribution is 2.19. The van der Waals surface area contributed by atoms with Gasteiger partial charge in [-0.05, 0) is 43.9 Å². The Kier molecular flexibility index (Phi) is 6.28. The van der Waals surface area contributed by atoms with Crippen LogP contribution >= 0.6 is 11.6 Å². The van der Waals surface area contributed by atoms with Crippen molar-refractivity contribution in [1.82, 2.24) is 15.3 Å². The molecule has 2 heterocycles. The van der Waals surface area contributed by atoms with Crippen molar-refractivity contribution in [3.63, 3.8) is 0 Å². The van der Waals surface area contributed by atoms with Gasteiger partial charge in [0.1, 0.15) is 0 Å². The van der Waals surface area contributed by atoms with Crippen LogP contribution in [0.4, 0.5) is 5.95 Å². The van der Waals surface area contributed by atoms with Crippen LogP contribution in [0.25, 0.3) is 0 Å². The number of amides is 1. The van der Waals surface area contributed by atoms with Crippen LogP contribution in [0.5, 0.6) is 5.88 Å². The van der Waals surface area contributed by atoms with Crippen molar-refractivity contribution in [3.8, 4) is 5.88 Å². The smallest absolute Gasteiger partial charge is 0.258 e. The zero-order valence-corrected chi connectivity index (χ0v) is 15.6. The van der Waals surface area contributed by atoms with Gasteiger partial charge < -0.3 is 15.0 Å². The molecule has 0 atom stereocenters. The number of anilines is 1. The molecular weight excluding hydrogens is 352 g/mol. The first-order chi connectivity index (χ1) is 12.6. The molecule has 7 heteroatoms. The van der Waals surface area contributed by atoms with Gasteiger partial charge in [0.15, 0.2) is 6.61 Å². The van der Waals surface area contributed by atoms with Crippen LogP contribution in [-0.2, 0) is 11.3 Å². The average Bonchev–Trinajstić information content (AvgIpc) is 2.66. The fourth-order valence-corrected chi connectivity index (χ4v) is 2.95. The monoisotopic (exact) mass is 374 g/mol. The molecule has 138 valence electrons. The fraction of sp³-hybridized carbons (Fsp3) is 0.421. The van der Waals surface area contributed by atoms with E-state index in [-0.39, 0.29) is 12.5 Å². The highest BCUT2D eigenvalue weighted by atomic mass is 35.5. The Hall–Kier alpha value is -2.34. The first kappa shape index (κ1) is 18.5. The summed E-state index contributed by atoms with van der Waals surface area (Å²) >= 11 is 5.85. The summed E-state index contributed by atoms with van der Waals surface area (Å²) in [5.74, 6) is 0.914. The minimum atomic E-state index is -0.198. The Morgan fingerprint density at radius 3 is 2.65 bits per heavy atom. The molecule has 0 bridgehead atoms. The third-order valence-corrected chi connectivity index (χ3v) is 4.46. The maximum Gasteiger partial charge on any atom is 0.258 e. The molecule has 0 aliphatic carbocycles. The lowest BCUT2D eigenvalue weighted by molar-refractivity contribution is -0.123. The molecule has 0 radical (unpaired) electrons.